The number of hydrogen-bond acceptors (Lipinski definition) is 4. The minimum absolute atomic E-state index is 0.0895. The molecule has 0 rings (SSSR count). The summed E-state index contributed by atoms with van der Waals surface area (Å²) in [6.45, 7) is 7.55. The molecule has 0 bridgehead atoms. The van der Waals surface area contributed by atoms with Crippen LogP contribution in [0.4, 0.5) is 0 Å². The number of nitrogens with one attached hydrogen (secondary N) is 1. The van der Waals surface area contributed by atoms with E-state index in [0.29, 0.717) is 50.0 Å². The Kier molecular flexibility index (Phi) is 14.0. The summed E-state index contributed by atoms with van der Waals surface area (Å²) >= 11 is 0. The van der Waals surface area contributed by atoms with Gasteiger partial charge >= 0.3 is 11.9 Å². The van der Waals surface area contributed by atoms with Crippen molar-refractivity contribution in [3.05, 3.63) is 12.2 Å². The third kappa shape index (κ3) is 12.3. The van der Waals surface area contributed by atoms with Crippen LogP contribution in [0.1, 0.15) is 52.9 Å². The lowest BCUT2D eigenvalue weighted by Gasteiger charge is -2.39. The maximum Gasteiger partial charge on any atom is 0.306 e. The Hall–Kier alpha value is -1.93. The molecular formula is C21H39N2O6+. The molecule has 1 amide bonds. The molecule has 0 aromatic heterocycles. The van der Waals surface area contributed by atoms with Gasteiger partial charge in [-0.3, -0.25) is 14.4 Å². The maximum atomic E-state index is 12.0. The van der Waals surface area contributed by atoms with Crippen LogP contribution in [0.5, 0.6) is 0 Å². The predicted octanol–water partition coefficient (Wildman–Crippen LogP) is 1.88. The van der Waals surface area contributed by atoms with Gasteiger partial charge in [0.15, 0.2) is 0 Å². The van der Waals surface area contributed by atoms with E-state index in [1.54, 1.807) is 13.8 Å². The van der Waals surface area contributed by atoms with Gasteiger partial charge < -0.3 is 25.1 Å². The Morgan fingerprint density at radius 1 is 0.966 bits per heavy atom. The molecule has 168 valence electrons. The lowest BCUT2D eigenvalue weighted by atomic mass is 10.0. The fourth-order valence-electron chi connectivity index (χ4n) is 3.05. The van der Waals surface area contributed by atoms with Crippen LogP contribution in [0.3, 0.4) is 0 Å². The van der Waals surface area contributed by atoms with Gasteiger partial charge in [0.05, 0.1) is 44.6 Å². The zero-order valence-electron chi connectivity index (χ0n) is 18.1. The highest BCUT2D eigenvalue weighted by atomic mass is 16.4. The number of quaternary nitrogens is 1. The van der Waals surface area contributed by atoms with Crippen molar-refractivity contribution in [3.63, 3.8) is 0 Å². The largest absolute Gasteiger partial charge is 0.481 e. The number of unbranched alkanes of at least 4 members (excludes halogenated alkanes) is 2. The summed E-state index contributed by atoms with van der Waals surface area (Å²) in [5.74, 6) is -2.99. The summed E-state index contributed by atoms with van der Waals surface area (Å²) in [5, 5.41) is 30.8. The van der Waals surface area contributed by atoms with Crippen molar-refractivity contribution in [2.45, 2.75) is 52.9 Å². The number of aliphatic carboxylic acids is 2. The topological polar surface area (TPSA) is 124 Å². The molecule has 0 saturated carbocycles. The number of amides is 1. The first-order valence-electron chi connectivity index (χ1n) is 10.5. The van der Waals surface area contributed by atoms with Gasteiger partial charge in [0.1, 0.15) is 6.54 Å². The molecule has 0 spiro atoms. The standard InChI is InChI=1S/C21H38N2O6/c1-4-5-6-7-8-19(25)22-11-14-23(15-16-24,12-9-17(2)20(26)27)13-10-18(3)21(28)29/h7-8,17-18,24H,4-6,9-16H2,1-3H3,(H2-,22,25,26,27,28,29)/p+1/b8-7+. The summed E-state index contributed by atoms with van der Waals surface area (Å²) in [6.07, 6.45) is 7.16. The van der Waals surface area contributed by atoms with Crippen molar-refractivity contribution in [1.82, 2.24) is 5.32 Å². The van der Waals surface area contributed by atoms with Gasteiger partial charge in [-0.15, -0.1) is 0 Å². The van der Waals surface area contributed by atoms with E-state index in [0.717, 1.165) is 19.3 Å². The molecule has 0 fully saturated rings. The van der Waals surface area contributed by atoms with Gasteiger partial charge in [-0.05, 0) is 12.5 Å². The molecule has 0 heterocycles. The first-order valence-corrected chi connectivity index (χ1v) is 10.5. The number of carboxylic acids is 2. The van der Waals surface area contributed by atoms with Crippen LogP contribution in [-0.2, 0) is 14.4 Å². The molecule has 0 radical (unpaired) electrons. The van der Waals surface area contributed by atoms with Crippen LogP contribution in [0.2, 0.25) is 0 Å². The highest BCUT2D eigenvalue weighted by Crippen LogP contribution is 2.16. The minimum Gasteiger partial charge on any atom is -0.481 e. The van der Waals surface area contributed by atoms with Crippen molar-refractivity contribution in [2.75, 3.05) is 39.3 Å². The highest BCUT2D eigenvalue weighted by molar-refractivity contribution is 5.87. The van der Waals surface area contributed by atoms with Crippen LogP contribution in [0.15, 0.2) is 12.2 Å². The first kappa shape index (κ1) is 27.1. The number of aliphatic hydroxyl groups excluding tert-OH is 1. The number of hydrogen-bond donors (Lipinski definition) is 4. The van der Waals surface area contributed by atoms with E-state index in [1.807, 2.05) is 6.08 Å². The van der Waals surface area contributed by atoms with E-state index in [2.05, 4.69) is 12.2 Å². The average molecular weight is 416 g/mol. The number of carboxylic acid groups (broad SMARTS) is 2. The average Bonchev–Trinajstić information content (AvgIpc) is 2.67. The number of aliphatic hydroxyl groups is 1. The second kappa shape index (κ2) is 15.0. The van der Waals surface area contributed by atoms with Crippen LogP contribution >= 0.6 is 0 Å². The lowest BCUT2D eigenvalue weighted by molar-refractivity contribution is -0.928. The maximum absolute atomic E-state index is 12.0. The predicted molar refractivity (Wildman–Crippen MR) is 111 cm³/mol. The third-order valence-corrected chi connectivity index (χ3v) is 5.37. The monoisotopic (exact) mass is 415 g/mol. The van der Waals surface area contributed by atoms with E-state index >= 15 is 0 Å². The number of carbonyl (C=O) groups excluding carboxylic acids is 1. The van der Waals surface area contributed by atoms with Gasteiger partial charge in [-0.25, -0.2) is 0 Å². The van der Waals surface area contributed by atoms with Crippen molar-refractivity contribution in [3.8, 4) is 0 Å². The van der Waals surface area contributed by atoms with Crippen molar-refractivity contribution in [1.29, 1.82) is 0 Å². The van der Waals surface area contributed by atoms with Crippen LogP contribution in [0, 0.1) is 11.8 Å². The number of nitrogens with zero attached hydrogens (tertiary/aromatic N) is 1. The number of rotatable bonds is 17. The molecule has 8 heteroatoms. The Labute approximate surface area is 174 Å². The van der Waals surface area contributed by atoms with Crippen molar-refractivity contribution in [2.24, 2.45) is 11.8 Å². The molecule has 0 saturated heterocycles. The van der Waals surface area contributed by atoms with E-state index in [4.69, 9.17) is 0 Å². The summed E-state index contributed by atoms with van der Waals surface area (Å²) in [7, 11) is 0. The zero-order chi connectivity index (χ0) is 22.3. The smallest absolute Gasteiger partial charge is 0.306 e. The lowest BCUT2D eigenvalue weighted by Crippen LogP contribution is -2.55. The Balaban J connectivity index is 5.00. The van der Waals surface area contributed by atoms with Crippen molar-refractivity contribution < 1.29 is 34.2 Å². The second-order valence-corrected chi connectivity index (χ2v) is 7.85. The van der Waals surface area contributed by atoms with Crippen LogP contribution in [-0.4, -0.2) is 77.0 Å². The number of allylic oxidation sites excluding steroid dienone is 1. The molecule has 2 unspecified atom stereocenters. The highest BCUT2D eigenvalue weighted by Gasteiger charge is 2.30. The number of carbonyl (C=O) groups is 3. The fraction of sp³-hybridized carbons (Fsp3) is 0.762. The minimum atomic E-state index is -0.878. The molecule has 8 nitrogen and oxygen atoms in total. The van der Waals surface area contributed by atoms with Crippen LogP contribution in [0.25, 0.3) is 0 Å². The Morgan fingerprint density at radius 3 is 1.97 bits per heavy atom. The summed E-state index contributed by atoms with van der Waals surface area (Å²) in [4.78, 5) is 34.3. The van der Waals surface area contributed by atoms with Gasteiger partial charge in [-0.2, -0.15) is 0 Å². The van der Waals surface area contributed by atoms with Gasteiger partial charge in [0.2, 0.25) is 5.91 Å². The second-order valence-electron chi connectivity index (χ2n) is 7.85. The van der Waals surface area contributed by atoms with E-state index in [9.17, 15) is 29.7 Å². The molecule has 0 aromatic carbocycles. The van der Waals surface area contributed by atoms with E-state index in [-0.39, 0.29) is 12.5 Å². The van der Waals surface area contributed by atoms with Gasteiger partial charge in [0.25, 0.3) is 0 Å². The van der Waals surface area contributed by atoms with E-state index < -0.39 is 23.8 Å². The molecule has 0 aliphatic heterocycles. The van der Waals surface area contributed by atoms with Crippen molar-refractivity contribution >= 4 is 17.8 Å². The zero-order valence-corrected chi connectivity index (χ0v) is 18.1. The molecular weight excluding hydrogens is 376 g/mol. The van der Waals surface area contributed by atoms with Crippen LogP contribution < -0.4 is 5.32 Å². The molecule has 0 aliphatic carbocycles. The molecule has 0 aliphatic rings. The van der Waals surface area contributed by atoms with Gasteiger partial charge in [0, 0.05) is 12.8 Å². The van der Waals surface area contributed by atoms with E-state index in [1.165, 1.54) is 6.08 Å². The fourth-order valence-corrected chi connectivity index (χ4v) is 3.05. The Morgan fingerprint density at radius 2 is 1.52 bits per heavy atom. The summed E-state index contributed by atoms with van der Waals surface area (Å²) in [6, 6.07) is 0. The molecule has 0 aromatic rings. The third-order valence-electron chi connectivity index (χ3n) is 5.37. The molecule has 4 N–H and O–H groups in total. The Bertz CT molecular complexity index is 511. The summed E-state index contributed by atoms with van der Waals surface area (Å²) in [5.41, 5.74) is 0. The van der Waals surface area contributed by atoms with Gasteiger partial charge in [-0.1, -0.05) is 39.7 Å². The molecule has 2 atom stereocenters. The normalized spacial score (nSPS) is 15.6. The first-order chi connectivity index (χ1) is 13.7. The molecule has 29 heavy (non-hydrogen) atoms. The SMILES string of the molecule is CCCC/C=C/C(=O)NCC[N+](CCO)(CCC(C)C(=O)O)CCC(C)C(=O)O. The summed E-state index contributed by atoms with van der Waals surface area (Å²) < 4.78 is 0.381. The quantitative estimate of drug-likeness (QED) is 0.163.